The van der Waals surface area contributed by atoms with Gasteiger partial charge in [-0.1, -0.05) is 58.4 Å². The molecule has 2 aliphatic carbocycles. The Morgan fingerprint density at radius 2 is 1.48 bits per heavy atom. The zero-order valence-corrected chi connectivity index (χ0v) is 16.7. The molecule has 0 aliphatic heterocycles. The molecular weight excluding hydrogens is 308 g/mol. The topological polar surface area (TPSA) is 26.3 Å². The van der Waals surface area contributed by atoms with Crippen LogP contribution in [0.15, 0.2) is 12.2 Å². The number of esters is 1. The highest BCUT2D eigenvalue weighted by atomic mass is 16.5. The van der Waals surface area contributed by atoms with Gasteiger partial charge in [-0.2, -0.15) is 0 Å². The van der Waals surface area contributed by atoms with E-state index < -0.39 is 0 Å². The van der Waals surface area contributed by atoms with Crippen LogP contribution in [0.4, 0.5) is 0 Å². The number of rotatable bonds is 9. The maximum Gasteiger partial charge on any atom is 0.330 e. The van der Waals surface area contributed by atoms with Crippen LogP contribution in [-0.4, -0.2) is 12.6 Å². The van der Waals surface area contributed by atoms with Crippen molar-refractivity contribution in [3.05, 3.63) is 12.2 Å². The smallest absolute Gasteiger partial charge is 0.330 e. The Hall–Kier alpha value is -0.790. The molecule has 2 heteroatoms. The molecule has 2 nitrogen and oxygen atoms in total. The van der Waals surface area contributed by atoms with Crippen molar-refractivity contribution in [2.24, 2.45) is 23.7 Å². The molecule has 0 aromatic rings. The Kier molecular flexibility index (Phi) is 9.65. The molecule has 0 bridgehead atoms. The van der Waals surface area contributed by atoms with Crippen LogP contribution < -0.4 is 0 Å². The Balaban J connectivity index is 1.62. The molecule has 144 valence electrons. The van der Waals surface area contributed by atoms with Crippen molar-refractivity contribution in [2.75, 3.05) is 6.61 Å². The van der Waals surface area contributed by atoms with Gasteiger partial charge in [0.1, 0.15) is 0 Å². The first-order valence-corrected chi connectivity index (χ1v) is 11.1. The van der Waals surface area contributed by atoms with Crippen molar-refractivity contribution in [2.45, 2.75) is 97.3 Å². The Morgan fingerprint density at radius 1 is 0.880 bits per heavy atom. The molecule has 0 aromatic heterocycles. The average molecular weight is 349 g/mol. The minimum absolute atomic E-state index is 0.152. The third kappa shape index (κ3) is 7.54. The summed E-state index contributed by atoms with van der Waals surface area (Å²) in [6, 6.07) is 0. The zero-order valence-electron chi connectivity index (χ0n) is 16.7. The second-order valence-electron chi connectivity index (χ2n) is 8.48. The molecule has 2 saturated carbocycles. The summed E-state index contributed by atoms with van der Waals surface area (Å²) in [7, 11) is 0. The van der Waals surface area contributed by atoms with Gasteiger partial charge in [-0.3, -0.25) is 0 Å². The molecule has 0 spiro atoms. The SMILES string of the molecule is CCCCOC(=O)/C=C/C1CCC(C2CCC(CCCC)CC2)CC1. The van der Waals surface area contributed by atoms with Crippen molar-refractivity contribution in [3.8, 4) is 0 Å². The molecule has 0 saturated heterocycles. The number of hydrogen-bond donors (Lipinski definition) is 0. The molecule has 2 rings (SSSR count). The van der Waals surface area contributed by atoms with E-state index >= 15 is 0 Å². The number of hydrogen-bond acceptors (Lipinski definition) is 2. The van der Waals surface area contributed by atoms with Gasteiger partial charge in [0.15, 0.2) is 0 Å². The number of carbonyl (C=O) groups excluding carboxylic acids is 1. The fourth-order valence-electron chi connectivity index (χ4n) is 4.83. The van der Waals surface area contributed by atoms with Crippen LogP contribution in [0.5, 0.6) is 0 Å². The van der Waals surface area contributed by atoms with E-state index in [-0.39, 0.29) is 5.97 Å². The number of carbonyl (C=O) groups is 1. The van der Waals surface area contributed by atoms with Crippen LogP contribution in [-0.2, 0) is 9.53 Å². The van der Waals surface area contributed by atoms with Crippen molar-refractivity contribution in [3.63, 3.8) is 0 Å². The predicted octanol–water partition coefficient (Wildman–Crippen LogP) is 6.69. The first kappa shape index (κ1) is 20.5. The van der Waals surface area contributed by atoms with Gasteiger partial charge in [-0.05, 0) is 68.6 Å². The maximum absolute atomic E-state index is 11.7. The lowest BCUT2D eigenvalue weighted by Crippen LogP contribution is -2.25. The van der Waals surface area contributed by atoms with Crippen molar-refractivity contribution in [1.29, 1.82) is 0 Å². The molecule has 0 unspecified atom stereocenters. The normalized spacial score (nSPS) is 30.5. The van der Waals surface area contributed by atoms with Gasteiger partial charge < -0.3 is 4.74 Å². The number of unbranched alkanes of at least 4 members (excludes halogenated alkanes) is 2. The molecule has 2 fully saturated rings. The first-order valence-electron chi connectivity index (χ1n) is 11.1. The summed E-state index contributed by atoms with van der Waals surface area (Å²) in [4.78, 5) is 11.7. The van der Waals surface area contributed by atoms with Crippen molar-refractivity contribution >= 4 is 5.97 Å². The molecule has 0 radical (unpaired) electrons. The van der Waals surface area contributed by atoms with E-state index in [1.807, 2.05) is 0 Å². The van der Waals surface area contributed by atoms with Gasteiger partial charge in [0.05, 0.1) is 6.61 Å². The summed E-state index contributed by atoms with van der Waals surface area (Å²) in [5, 5.41) is 0. The second-order valence-corrected chi connectivity index (χ2v) is 8.48. The standard InChI is InChI=1S/C23H40O2/c1-3-5-7-19-8-13-21(14-9-19)22-15-10-20(11-16-22)12-17-23(24)25-18-6-4-2/h12,17,19-22H,3-11,13-16,18H2,1-2H3/b17-12+. The molecule has 2 aliphatic rings. The second kappa shape index (κ2) is 11.8. The van der Waals surface area contributed by atoms with Gasteiger partial charge in [0, 0.05) is 6.08 Å². The van der Waals surface area contributed by atoms with E-state index in [9.17, 15) is 4.79 Å². The quantitative estimate of drug-likeness (QED) is 0.263. The van der Waals surface area contributed by atoms with E-state index in [1.165, 1.54) is 70.6 Å². The molecular formula is C23H40O2. The summed E-state index contributed by atoms with van der Waals surface area (Å²) >= 11 is 0. The summed E-state index contributed by atoms with van der Waals surface area (Å²) in [6.45, 7) is 4.98. The van der Waals surface area contributed by atoms with Crippen LogP contribution in [0.25, 0.3) is 0 Å². The van der Waals surface area contributed by atoms with Gasteiger partial charge in [-0.25, -0.2) is 4.79 Å². The van der Waals surface area contributed by atoms with Crippen LogP contribution in [0.2, 0.25) is 0 Å². The van der Waals surface area contributed by atoms with E-state index in [2.05, 4.69) is 19.9 Å². The third-order valence-corrected chi connectivity index (χ3v) is 6.59. The van der Waals surface area contributed by atoms with Crippen molar-refractivity contribution in [1.82, 2.24) is 0 Å². The first-order chi connectivity index (χ1) is 12.2. The number of ether oxygens (including phenoxy) is 1. The van der Waals surface area contributed by atoms with Gasteiger partial charge in [0.25, 0.3) is 0 Å². The lowest BCUT2D eigenvalue weighted by atomic mass is 9.68. The van der Waals surface area contributed by atoms with E-state index in [1.54, 1.807) is 6.08 Å². The average Bonchev–Trinajstić information content (AvgIpc) is 2.66. The van der Waals surface area contributed by atoms with Gasteiger partial charge >= 0.3 is 5.97 Å². The van der Waals surface area contributed by atoms with Crippen LogP contribution in [0.3, 0.4) is 0 Å². The minimum atomic E-state index is -0.152. The predicted molar refractivity (Wildman–Crippen MR) is 105 cm³/mol. The van der Waals surface area contributed by atoms with Crippen LogP contribution in [0, 0.1) is 23.7 Å². The fraction of sp³-hybridized carbons (Fsp3) is 0.870. The zero-order chi connectivity index (χ0) is 17.9. The molecule has 25 heavy (non-hydrogen) atoms. The summed E-state index contributed by atoms with van der Waals surface area (Å²) in [5.74, 6) is 3.40. The van der Waals surface area contributed by atoms with E-state index in [0.717, 1.165) is 30.6 Å². The highest BCUT2D eigenvalue weighted by molar-refractivity contribution is 5.81. The fourth-order valence-corrected chi connectivity index (χ4v) is 4.83. The van der Waals surface area contributed by atoms with Gasteiger partial charge in [-0.15, -0.1) is 0 Å². The van der Waals surface area contributed by atoms with E-state index in [4.69, 9.17) is 4.74 Å². The van der Waals surface area contributed by atoms with Gasteiger partial charge in [0.2, 0.25) is 0 Å². The lowest BCUT2D eigenvalue weighted by molar-refractivity contribution is -0.137. The monoisotopic (exact) mass is 348 g/mol. The maximum atomic E-state index is 11.7. The number of allylic oxidation sites excluding steroid dienone is 1. The Bertz CT molecular complexity index is 385. The van der Waals surface area contributed by atoms with Crippen molar-refractivity contribution < 1.29 is 9.53 Å². The van der Waals surface area contributed by atoms with E-state index in [0.29, 0.717) is 12.5 Å². The van der Waals surface area contributed by atoms with Crippen LogP contribution in [0.1, 0.15) is 97.3 Å². The van der Waals surface area contributed by atoms with Crippen LogP contribution >= 0.6 is 0 Å². The molecule has 0 N–H and O–H groups in total. The molecule has 0 heterocycles. The highest BCUT2D eigenvalue weighted by Crippen LogP contribution is 2.42. The Labute approximate surface area is 155 Å². The molecule has 0 aromatic carbocycles. The third-order valence-electron chi connectivity index (χ3n) is 6.59. The molecule has 0 atom stereocenters. The summed E-state index contributed by atoms with van der Waals surface area (Å²) < 4.78 is 5.20. The summed E-state index contributed by atoms with van der Waals surface area (Å²) in [6.07, 6.45) is 21.2. The largest absolute Gasteiger partial charge is 0.463 e. The summed E-state index contributed by atoms with van der Waals surface area (Å²) in [5.41, 5.74) is 0. The molecule has 0 amide bonds. The Morgan fingerprint density at radius 3 is 2.08 bits per heavy atom. The lowest BCUT2D eigenvalue weighted by Gasteiger charge is -2.37. The minimum Gasteiger partial charge on any atom is -0.463 e. The highest BCUT2D eigenvalue weighted by Gasteiger charge is 2.30.